The predicted octanol–water partition coefficient (Wildman–Crippen LogP) is -0.378. The molecule has 3 aliphatic carbocycles. The molecule has 125 valence electrons. The maximum Gasteiger partial charge on any atom is 3.00 e. The van der Waals surface area contributed by atoms with Crippen molar-refractivity contribution in [1.82, 2.24) is 0 Å². The van der Waals surface area contributed by atoms with Gasteiger partial charge in [0, 0.05) is 8.07 Å². The molecule has 0 nitrogen and oxygen atoms in total. The molecule has 1 fully saturated rings. The van der Waals surface area contributed by atoms with Crippen molar-refractivity contribution in [3.63, 3.8) is 0 Å². The molecule has 3 unspecified atom stereocenters. The molecule has 0 aromatic carbocycles. The minimum atomic E-state index is -1.39. The van der Waals surface area contributed by atoms with Crippen molar-refractivity contribution >= 4 is 8.07 Å². The molecule has 1 radical (unpaired) electrons. The Morgan fingerprint density at radius 2 is 1.83 bits per heavy atom. The van der Waals surface area contributed by atoms with Crippen LogP contribution in [0.1, 0.15) is 39.0 Å². The molecule has 23 heavy (non-hydrogen) atoms. The Morgan fingerprint density at radius 3 is 2.52 bits per heavy atom. The fourth-order valence-corrected chi connectivity index (χ4v) is 8.81. The van der Waals surface area contributed by atoms with E-state index in [-0.39, 0.29) is 51.0 Å². The minimum Gasteiger partial charge on any atom is -1.00 e. The van der Waals surface area contributed by atoms with Gasteiger partial charge in [0.05, 0.1) is 0 Å². The van der Waals surface area contributed by atoms with Crippen LogP contribution in [0.4, 0.5) is 0 Å². The van der Waals surface area contributed by atoms with Gasteiger partial charge in [0.2, 0.25) is 0 Å². The van der Waals surface area contributed by atoms with E-state index in [1.807, 2.05) is 0 Å². The summed E-state index contributed by atoms with van der Waals surface area (Å²) in [7, 11) is -1.39. The maximum absolute atomic E-state index is 3.75. The van der Waals surface area contributed by atoms with Crippen LogP contribution >= 0.6 is 0 Å². The van der Waals surface area contributed by atoms with E-state index in [4.69, 9.17) is 0 Å². The quantitative estimate of drug-likeness (QED) is 0.409. The summed E-state index contributed by atoms with van der Waals surface area (Å²) >= 11 is 0. The van der Waals surface area contributed by atoms with Gasteiger partial charge in [-0.3, -0.25) is 6.08 Å². The molecule has 1 saturated carbocycles. The first-order valence-corrected chi connectivity index (χ1v) is 11.4. The van der Waals surface area contributed by atoms with Crippen LogP contribution in [0.3, 0.4) is 0 Å². The maximum atomic E-state index is 3.75. The molecule has 0 aliphatic heterocycles. The van der Waals surface area contributed by atoms with E-state index >= 15 is 0 Å². The molecule has 0 N–H and O–H groups in total. The third-order valence-corrected chi connectivity index (χ3v) is 9.93. The van der Waals surface area contributed by atoms with Crippen LogP contribution in [0.2, 0.25) is 18.6 Å². The Kier molecular flexibility index (Phi) is 10.2. The van der Waals surface area contributed by atoms with Gasteiger partial charge in [0.1, 0.15) is 0 Å². The zero-order valence-corrected chi connectivity index (χ0v) is 19.4. The summed E-state index contributed by atoms with van der Waals surface area (Å²) in [6, 6.07) is 0. The number of rotatable bonds is 4. The number of allylic oxidation sites excluding steroid dienone is 8. The molecule has 0 saturated heterocycles. The molecule has 4 heteroatoms. The van der Waals surface area contributed by atoms with Gasteiger partial charge < -0.3 is 24.8 Å². The van der Waals surface area contributed by atoms with Gasteiger partial charge in [0.15, 0.2) is 0 Å². The normalized spacial score (nSPS) is 28.0. The number of fused-ring (bicyclic) bond motifs is 1. The second kappa shape index (κ2) is 9.95. The Balaban J connectivity index is 0.00000161. The molecule has 0 heterocycles. The number of halogens is 2. The molecule has 3 aliphatic rings. The first-order valence-electron chi connectivity index (χ1n) is 8.30. The van der Waals surface area contributed by atoms with Crippen LogP contribution < -0.4 is 24.8 Å². The molecule has 0 aromatic rings. The van der Waals surface area contributed by atoms with Crippen molar-refractivity contribution in [3.8, 4) is 0 Å². The first-order chi connectivity index (χ1) is 9.64. The van der Waals surface area contributed by atoms with Crippen LogP contribution in [-0.4, -0.2) is 8.07 Å². The number of hydrogen-bond donors (Lipinski definition) is 0. The van der Waals surface area contributed by atoms with Crippen LogP contribution in [0.25, 0.3) is 0 Å². The van der Waals surface area contributed by atoms with Gasteiger partial charge in [0.25, 0.3) is 0 Å². The molecule has 0 aromatic heterocycles. The van der Waals surface area contributed by atoms with Crippen molar-refractivity contribution in [1.29, 1.82) is 0 Å². The molecule has 0 amide bonds. The van der Waals surface area contributed by atoms with E-state index in [9.17, 15) is 0 Å². The van der Waals surface area contributed by atoms with Gasteiger partial charge in [-0.05, 0) is 23.8 Å². The van der Waals surface area contributed by atoms with Gasteiger partial charge in [-0.2, -0.15) is 6.08 Å². The molecule has 3 atom stereocenters. The fraction of sp³-hybridized carbons (Fsp3) is 0.579. The monoisotopic (exact) mass is 443 g/mol. The van der Waals surface area contributed by atoms with Gasteiger partial charge in [-0.15, -0.1) is 6.42 Å². The summed E-state index contributed by atoms with van der Waals surface area (Å²) in [5, 5.41) is 1.67. The molecular formula is C19H27Cl2SiZr. The fourth-order valence-electron chi connectivity index (χ4n) is 4.61. The average Bonchev–Trinajstić information content (AvgIpc) is 3.05. The summed E-state index contributed by atoms with van der Waals surface area (Å²) in [5.74, 6) is 1.62. The van der Waals surface area contributed by atoms with Crippen LogP contribution in [0.5, 0.6) is 0 Å². The molecule has 0 bridgehead atoms. The van der Waals surface area contributed by atoms with Gasteiger partial charge >= 0.3 is 26.2 Å². The average molecular weight is 446 g/mol. The van der Waals surface area contributed by atoms with E-state index in [1.54, 1.807) is 10.8 Å². The minimum absolute atomic E-state index is 0. The van der Waals surface area contributed by atoms with Crippen molar-refractivity contribution in [2.45, 2.75) is 57.7 Å². The second-order valence-corrected chi connectivity index (χ2v) is 11.8. The standard InChI is InChI=1S/C19H27Si.2ClH.Zr/c1-4-8-16-10-7-12-18(16)20(2,3)19-14-13-15-9-5-6-11-17(15)19;;;/h5-6,9-11,15,17,19H,4,7-8,13-14H2,1-3H3;2*1H;/q-1;;;+3/p-2. The third kappa shape index (κ3) is 4.63. The summed E-state index contributed by atoms with van der Waals surface area (Å²) in [4.78, 5) is 0. The van der Waals surface area contributed by atoms with Gasteiger partial charge in [-0.25, -0.2) is 10.8 Å². The van der Waals surface area contributed by atoms with Crippen LogP contribution in [0.15, 0.2) is 41.1 Å². The zero-order valence-electron chi connectivity index (χ0n) is 14.4. The van der Waals surface area contributed by atoms with Crippen molar-refractivity contribution < 1.29 is 51.0 Å². The van der Waals surface area contributed by atoms with E-state index in [0.717, 1.165) is 23.8 Å². The van der Waals surface area contributed by atoms with Crippen molar-refractivity contribution in [3.05, 3.63) is 47.2 Å². The topological polar surface area (TPSA) is 0 Å². The molecular weight excluding hydrogens is 418 g/mol. The van der Waals surface area contributed by atoms with E-state index in [1.165, 1.54) is 25.7 Å². The smallest absolute Gasteiger partial charge is 1.00 e. The van der Waals surface area contributed by atoms with E-state index in [2.05, 4.69) is 56.5 Å². The first kappa shape index (κ1) is 23.6. The summed E-state index contributed by atoms with van der Waals surface area (Å²) < 4.78 is 0. The summed E-state index contributed by atoms with van der Waals surface area (Å²) in [6.07, 6.45) is 22.1. The third-order valence-electron chi connectivity index (χ3n) is 5.61. The van der Waals surface area contributed by atoms with Crippen molar-refractivity contribution in [2.75, 3.05) is 0 Å². The Bertz CT molecular complexity index is 505. The van der Waals surface area contributed by atoms with Crippen molar-refractivity contribution in [2.24, 2.45) is 11.8 Å². The van der Waals surface area contributed by atoms with E-state index < -0.39 is 8.07 Å². The Hall–Kier alpha value is 0.640. The SMILES string of the molecule is CCCC1=CC[C-]=C1[Si](C)(C)C1CCC2C=CC=CC21.[Cl-].[Cl-].[Zr+3]. The second-order valence-electron chi connectivity index (χ2n) is 7.15. The van der Waals surface area contributed by atoms with E-state index in [0.29, 0.717) is 0 Å². The Labute approximate surface area is 174 Å². The Morgan fingerprint density at radius 1 is 1.13 bits per heavy atom. The summed E-state index contributed by atoms with van der Waals surface area (Å²) in [6.45, 7) is 7.50. The molecule has 0 spiro atoms. The number of hydrogen-bond acceptors (Lipinski definition) is 0. The largest absolute Gasteiger partial charge is 3.00 e. The summed E-state index contributed by atoms with van der Waals surface area (Å²) in [5.41, 5.74) is 2.55. The van der Waals surface area contributed by atoms with Crippen LogP contribution in [-0.2, 0) is 26.2 Å². The van der Waals surface area contributed by atoms with Gasteiger partial charge in [-0.1, -0.05) is 63.6 Å². The van der Waals surface area contributed by atoms with Crippen LogP contribution in [0, 0.1) is 17.9 Å². The molecule has 3 rings (SSSR count). The zero-order chi connectivity index (χ0) is 14.2. The predicted molar refractivity (Wildman–Crippen MR) is 90.1 cm³/mol.